The molecule has 3 rings (SSSR count). The number of hydrogen-bond acceptors (Lipinski definition) is 5. The number of nitrogens with zero attached hydrogens (tertiary/aromatic N) is 1. The van der Waals surface area contributed by atoms with Crippen molar-refractivity contribution in [3.63, 3.8) is 0 Å². The van der Waals surface area contributed by atoms with Crippen LogP contribution in [0.4, 0.5) is 0 Å². The Bertz CT molecular complexity index is 479. The Morgan fingerprint density at radius 2 is 1.87 bits per heavy atom. The Morgan fingerprint density at radius 1 is 1.13 bits per heavy atom. The summed E-state index contributed by atoms with van der Waals surface area (Å²) in [6, 6.07) is 6.61. The molecule has 0 aromatic heterocycles. The van der Waals surface area contributed by atoms with Crippen molar-refractivity contribution in [1.29, 1.82) is 0 Å². The molecular formula is C18H28N2O3. The van der Waals surface area contributed by atoms with Crippen molar-refractivity contribution < 1.29 is 14.2 Å². The van der Waals surface area contributed by atoms with E-state index in [0.717, 1.165) is 63.7 Å². The third-order valence-corrected chi connectivity index (χ3v) is 5.01. The molecule has 1 atom stereocenters. The lowest BCUT2D eigenvalue weighted by molar-refractivity contribution is 0.0205. The lowest BCUT2D eigenvalue weighted by Gasteiger charge is -2.41. The summed E-state index contributed by atoms with van der Waals surface area (Å²) in [5.74, 6) is 2.30. The Morgan fingerprint density at radius 3 is 2.52 bits per heavy atom. The molecule has 0 radical (unpaired) electrons. The van der Waals surface area contributed by atoms with Gasteiger partial charge in [-0.15, -0.1) is 0 Å². The fraction of sp³-hybridized carbons (Fsp3) is 0.667. The number of para-hydroxylation sites is 1. The van der Waals surface area contributed by atoms with Crippen molar-refractivity contribution in [3.8, 4) is 11.5 Å². The Balaban J connectivity index is 1.96. The second-order valence-electron chi connectivity index (χ2n) is 6.26. The van der Waals surface area contributed by atoms with Crippen LogP contribution in [0.1, 0.15) is 24.4 Å². The zero-order chi connectivity index (χ0) is 16.1. The Labute approximate surface area is 138 Å². The van der Waals surface area contributed by atoms with Gasteiger partial charge in [-0.2, -0.15) is 0 Å². The van der Waals surface area contributed by atoms with Gasteiger partial charge in [-0.05, 0) is 24.8 Å². The maximum absolute atomic E-state index is 5.73. The van der Waals surface area contributed by atoms with Crippen LogP contribution >= 0.6 is 0 Å². The van der Waals surface area contributed by atoms with Gasteiger partial charge in [0.05, 0.1) is 14.2 Å². The molecule has 2 fully saturated rings. The SMILES string of the molecule is COc1cccc([C@@H](C2CCOCC2)N2CCNCC2)c1OC. The molecule has 2 saturated heterocycles. The van der Waals surface area contributed by atoms with Crippen LogP contribution < -0.4 is 14.8 Å². The maximum Gasteiger partial charge on any atom is 0.165 e. The average molecular weight is 320 g/mol. The summed E-state index contributed by atoms with van der Waals surface area (Å²) < 4.78 is 16.8. The van der Waals surface area contributed by atoms with Gasteiger partial charge in [-0.1, -0.05) is 12.1 Å². The van der Waals surface area contributed by atoms with Crippen LogP contribution in [0, 0.1) is 5.92 Å². The molecule has 0 amide bonds. The van der Waals surface area contributed by atoms with E-state index in [1.165, 1.54) is 5.56 Å². The highest BCUT2D eigenvalue weighted by Gasteiger charge is 2.33. The molecule has 2 heterocycles. The van der Waals surface area contributed by atoms with Gasteiger partial charge in [0.15, 0.2) is 11.5 Å². The first kappa shape index (κ1) is 16.6. The molecule has 0 unspecified atom stereocenters. The van der Waals surface area contributed by atoms with Gasteiger partial charge in [-0.25, -0.2) is 0 Å². The van der Waals surface area contributed by atoms with E-state index < -0.39 is 0 Å². The zero-order valence-electron chi connectivity index (χ0n) is 14.2. The number of nitrogens with one attached hydrogen (secondary N) is 1. The van der Waals surface area contributed by atoms with E-state index in [0.29, 0.717) is 12.0 Å². The van der Waals surface area contributed by atoms with Gasteiger partial charge >= 0.3 is 0 Å². The third-order valence-electron chi connectivity index (χ3n) is 5.01. The van der Waals surface area contributed by atoms with Crippen molar-refractivity contribution in [3.05, 3.63) is 23.8 Å². The maximum atomic E-state index is 5.73. The molecule has 23 heavy (non-hydrogen) atoms. The summed E-state index contributed by atoms with van der Waals surface area (Å²) in [4.78, 5) is 2.60. The standard InChI is InChI=1S/C18H28N2O3/c1-21-16-5-3-4-15(18(16)22-2)17(14-6-12-23-13-7-14)20-10-8-19-9-11-20/h3-5,14,17,19H,6-13H2,1-2H3/t17-/m1/s1. The van der Waals surface area contributed by atoms with Crippen LogP contribution in [0.25, 0.3) is 0 Å². The summed E-state index contributed by atoms with van der Waals surface area (Å²) in [7, 11) is 3.44. The van der Waals surface area contributed by atoms with E-state index in [-0.39, 0.29) is 0 Å². The van der Waals surface area contributed by atoms with Crippen molar-refractivity contribution in [1.82, 2.24) is 10.2 Å². The van der Waals surface area contributed by atoms with Gasteiger partial charge in [0.25, 0.3) is 0 Å². The zero-order valence-corrected chi connectivity index (χ0v) is 14.2. The largest absolute Gasteiger partial charge is 0.493 e. The number of rotatable bonds is 5. The lowest BCUT2D eigenvalue weighted by atomic mass is 9.85. The van der Waals surface area contributed by atoms with E-state index in [1.54, 1.807) is 14.2 Å². The first-order chi connectivity index (χ1) is 11.3. The predicted octanol–water partition coefficient (Wildman–Crippen LogP) is 2.08. The fourth-order valence-electron chi connectivity index (χ4n) is 3.89. The topological polar surface area (TPSA) is 43.0 Å². The van der Waals surface area contributed by atoms with E-state index in [2.05, 4.69) is 22.3 Å². The first-order valence-electron chi connectivity index (χ1n) is 8.58. The molecule has 5 heteroatoms. The molecule has 0 bridgehead atoms. The molecule has 0 spiro atoms. The molecule has 0 aliphatic carbocycles. The summed E-state index contributed by atoms with van der Waals surface area (Å²) in [6.07, 6.45) is 2.21. The molecule has 1 aromatic rings. The second-order valence-corrected chi connectivity index (χ2v) is 6.26. The van der Waals surface area contributed by atoms with E-state index in [9.17, 15) is 0 Å². The second kappa shape index (κ2) is 7.99. The molecule has 0 saturated carbocycles. The molecule has 2 aliphatic rings. The van der Waals surface area contributed by atoms with Crippen LogP contribution in [0.3, 0.4) is 0 Å². The average Bonchev–Trinajstić information content (AvgIpc) is 2.63. The molecule has 2 aliphatic heterocycles. The molecular weight excluding hydrogens is 292 g/mol. The first-order valence-corrected chi connectivity index (χ1v) is 8.58. The lowest BCUT2D eigenvalue weighted by Crippen LogP contribution is -2.47. The minimum Gasteiger partial charge on any atom is -0.493 e. The van der Waals surface area contributed by atoms with Crippen LogP contribution in [0.15, 0.2) is 18.2 Å². The highest BCUT2D eigenvalue weighted by molar-refractivity contribution is 5.48. The summed E-state index contributed by atoms with van der Waals surface area (Å²) in [5.41, 5.74) is 1.25. The van der Waals surface area contributed by atoms with Crippen molar-refractivity contribution in [2.75, 3.05) is 53.6 Å². The van der Waals surface area contributed by atoms with E-state index in [4.69, 9.17) is 14.2 Å². The van der Waals surface area contributed by atoms with Crippen LogP contribution in [0.2, 0.25) is 0 Å². The predicted molar refractivity (Wildman–Crippen MR) is 90.3 cm³/mol. The summed E-state index contributed by atoms with van der Waals surface area (Å²) in [5, 5.41) is 3.45. The number of hydrogen-bond donors (Lipinski definition) is 1. The van der Waals surface area contributed by atoms with Gasteiger partial charge in [0.1, 0.15) is 0 Å². The highest BCUT2D eigenvalue weighted by atomic mass is 16.5. The van der Waals surface area contributed by atoms with Crippen molar-refractivity contribution in [2.45, 2.75) is 18.9 Å². The highest BCUT2D eigenvalue weighted by Crippen LogP contribution is 2.42. The number of benzene rings is 1. The number of piperazine rings is 1. The fourth-order valence-corrected chi connectivity index (χ4v) is 3.89. The summed E-state index contributed by atoms with van der Waals surface area (Å²) >= 11 is 0. The summed E-state index contributed by atoms with van der Waals surface area (Å²) in [6.45, 7) is 5.96. The quantitative estimate of drug-likeness (QED) is 0.900. The molecule has 5 nitrogen and oxygen atoms in total. The minimum atomic E-state index is 0.367. The van der Waals surface area contributed by atoms with Crippen molar-refractivity contribution in [2.24, 2.45) is 5.92 Å². The van der Waals surface area contributed by atoms with Gasteiger partial charge in [-0.3, -0.25) is 4.90 Å². The third kappa shape index (κ3) is 3.62. The molecule has 128 valence electrons. The number of ether oxygens (including phenoxy) is 3. The normalized spacial score (nSPS) is 21.8. The van der Waals surface area contributed by atoms with E-state index >= 15 is 0 Å². The van der Waals surface area contributed by atoms with Crippen LogP contribution in [0.5, 0.6) is 11.5 Å². The molecule has 1 N–H and O–H groups in total. The van der Waals surface area contributed by atoms with Crippen LogP contribution in [-0.2, 0) is 4.74 Å². The Kier molecular flexibility index (Phi) is 5.75. The monoisotopic (exact) mass is 320 g/mol. The Hall–Kier alpha value is -1.30. The molecule has 1 aromatic carbocycles. The van der Waals surface area contributed by atoms with Gasteiger partial charge in [0.2, 0.25) is 0 Å². The minimum absolute atomic E-state index is 0.367. The van der Waals surface area contributed by atoms with Gasteiger partial charge < -0.3 is 19.5 Å². The number of methoxy groups -OCH3 is 2. The smallest absolute Gasteiger partial charge is 0.165 e. The van der Waals surface area contributed by atoms with Crippen LogP contribution in [-0.4, -0.2) is 58.5 Å². The van der Waals surface area contributed by atoms with Crippen molar-refractivity contribution >= 4 is 0 Å². The van der Waals surface area contributed by atoms with Gasteiger partial charge in [0, 0.05) is 51.0 Å². The van der Waals surface area contributed by atoms with E-state index in [1.807, 2.05) is 6.07 Å².